The average Bonchev–Trinajstić information content (AvgIpc) is 3.44. The molecule has 4 rings (SSSR count). The number of hydrogen-bond acceptors (Lipinski definition) is 6. The second kappa shape index (κ2) is 8.59. The molecule has 0 aliphatic heterocycles. The second-order valence-corrected chi connectivity index (χ2v) is 8.31. The SMILES string of the molecule is O=C(Nc1cccc(Cn2cc(Br)cn2)c1)c1cc(Cn2cc([N+](=O)[O-])cn2)cs1. The van der Waals surface area contributed by atoms with E-state index in [-0.39, 0.29) is 11.6 Å². The van der Waals surface area contributed by atoms with Crippen LogP contribution in [0.25, 0.3) is 0 Å². The lowest BCUT2D eigenvalue weighted by atomic mass is 10.2. The molecule has 152 valence electrons. The first-order valence-electron chi connectivity index (χ1n) is 8.79. The maximum absolute atomic E-state index is 12.6. The van der Waals surface area contributed by atoms with E-state index in [0.717, 1.165) is 15.6 Å². The highest BCUT2D eigenvalue weighted by Gasteiger charge is 2.13. The van der Waals surface area contributed by atoms with Crippen molar-refractivity contribution < 1.29 is 9.72 Å². The van der Waals surface area contributed by atoms with Gasteiger partial charge in [-0.1, -0.05) is 12.1 Å². The largest absolute Gasteiger partial charge is 0.321 e. The van der Waals surface area contributed by atoms with Crippen molar-refractivity contribution in [3.05, 3.63) is 91.1 Å². The maximum atomic E-state index is 12.6. The predicted octanol–water partition coefficient (Wildman–Crippen LogP) is 4.16. The van der Waals surface area contributed by atoms with Crippen molar-refractivity contribution in [1.82, 2.24) is 19.6 Å². The molecule has 0 bridgehead atoms. The molecule has 1 N–H and O–H groups in total. The fourth-order valence-corrected chi connectivity index (χ4v) is 3.98. The number of halogens is 1. The molecule has 0 saturated carbocycles. The molecule has 0 fully saturated rings. The zero-order chi connectivity index (χ0) is 21.1. The molecule has 0 aliphatic rings. The molecule has 1 aromatic carbocycles. The number of benzene rings is 1. The van der Waals surface area contributed by atoms with Crippen LogP contribution in [-0.4, -0.2) is 30.4 Å². The lowest BCUT2D eigenvalue weighted by Crippen LogP contribution is -2.10. The van der Waals surface area contributed by atoms with Gasteiger partial charge in [-0.25, -0.2) is 0 Å². The summed E-state index contributed by atoms with van der Waals surface area (Å²) < 4.78 is 4.18. The van der Waals surface area contributed by atoms with Crippen molar-refractivity contribution in [2.45, 2.75) is 13.1 Å². The summed E-state index contributed by atoms with van der Waals surface area (Å²) in [5.41, 5.74) is 2.49. The minimum absolute atomic E-state index is 0.0643. The third-order valence-corrected chi connectivity index (χ3v) is 5.57. The number of carbonyl (C=O) groups is 1. The minimum Gasteiger partial charge on any atom is -0.321 e. The Morgan fingerprint density at radius 2 is 1.90 bits per heavy atom. The molecule has 4 aromatic rings. The van der Waals surface area contributed by atoms with E-state index in [1.165, 1.54) is 28.4 Å². The van der Waals surface area contributed by atoms with Crippen molar-refractivity contribution in [2.75, 3.05) is 5.32 Å². The van der Waals surface area contributed by atoms with E-state index in [1.807, 2.05) is 35.8 Å². The Hall–Kier alpha value is -3.31. The number of carbonyl (C=O) groups excluding carboxylic acids is 1. The van der Waals surface area contributed by atoms with Gasteiger partial charge in [0.05, 0.1) is 33.6 Å². The summed E-state index contributed by atoms with van der Waals surface area (Å²) in [4.78, 5) is 23.4. The predicted molar refractivity (Wildman–Crippen MR) is 116 cm³/mol. The van der Waals surface area contributed by atoms with Crippen LogP contribution in [0.15, 0.2) is 65.0 Å². The van der Waals surface area contributed by atoms with Gasteiger partial charge in [-0.15, -0.1) is 11.3 Å². The first kappa shape index (κ1) is 20.0. The molecule has 0 atom stereocenters. The molecule has 11 heteroatoms. The first-order valence-corrected chi connectivity index (χ1v) is 10.5. The van der Waals surface area contributed by atoms with Crippen molar-refractivity contribution in [2.24, 2.45) is 0 Å². The van der Waals surface area contributed by atoms with E-state index in [1.54, 1.807) is 16.9 Å². The van der Waals surface area contributed by atoms with Crippen LogP contribution < -0.4 is 5.32 Å². The standard InChI is InChI=1S/C19H15BrN6O3S/c20-15-6-21-24(10-15)8-13-2-1-3-16(4-13)23-19(27)18-5-14(12-30-18)9-25-11-17(7-22-25)26(28)29/h1-7,10-12H,8-9H2,(H,23,27). The Balaban J connectivity index is 1.40. The number of nitro groups is 1. The lowest BCUT2D eigenvalue weighted by Gasteiger charge is -2.07. The Labute approximate surface area is 183 Å². The molecule has 1 amide bonds. The van der Waals surface area contributed by atoms with E-state index < -0.39 is 4.92 Å². The van der Waals surface area contributed by atoms with Gasteiger partial charge in [0.15, 0.2) is 0 Å². The van der Waals surface area contributed by atoms with Gasteiger partial charge in [0.1, 0.15) is 12.4 Å². The molecule has 0 spiro atoms. The lowest BCUT2D eigenvalue weighted by molar-refractivity contribution is -0.385. The van der Waals surface area contributed by atoms with Gasteiger partial charge in [-0.2, -0.15) is 10.2 Å². The second-order valence-electron chi connectivity index (χ2n) is 6.48. The van der Waals surface area contributed by atoms with Gasteiger partial charge in [-0.3, -0.25) is 24.3 Å². The number of hydrogen-bond donors (Lipinski definition) is 1. The van der Waals surface area contributed by atoms with E-state index in [4.69, 9.17) is 0 Å². The highest BCUT2D eigenvalue weighted by atomic mass is 79.9. The summed E-state index contributed by atoms with van der Waals surface area (Å²) in [5, 5.41) is 23.7. The van der Waals surface area contributed by atoms with Gasteiger partial charge >= 0.3 is 5.69 Å². The molecule has 9 nitrogen and oxygen atoms in total. The Bertz CT molecular complexity index is 1210. The Morgan fingerprint density at radius 3 is 2.63 bits per heavy atom. The molecular weight excluding hydrogens is 472 g/mol. The molecule has 0 unspecified atom stereocenters. The molecule has 0 aliphatic carbocycles. The van der Waals surface area contributed by atoms with Crippen molar-refractivity contribution in [3.8, 4) is 0 Å². The number of nitrogens with zero attached hydrogens (tertiary/aromatic N) is 5. The number of rotatable bonds is 7. The number of anilines is 1. The average molecular weight is 487 g/mol. The molecular formula is C19H15BrN6O3S. The van der Waals surface area contributed by atoms with Crippen LogP contribution in [0, 0.1) is 10.1 Å². The number of nitrogens with one attached hydrogen (secondary N) is 1. The number of aromatic nitrogens is 4. The first-order chi connectivity index (χ1) is 14.5. The topological polar surface area (TPSA) is 108 Å². The smallest absolute Gasteiger partial charge is 0.307 e. The zero-order valence-electron chi connectivity index (χ0n) is 15.4. The normalized spacial score (nSPS) is 10.8. The number of thiophene rings is 1. The van der Waals surface area contributed by atoms with E-state index in [0.29, 0.717) is 23.7 Å². The molecule has 0 saturated heterocycles. The highest BCUT2D eigenvalue weighted by Crippen LogP contribution is 2.20. The van der Waals surface area contributed by atoms with Crippen LogP contribution in [-0.2, 0) is 13.1 Å². The summed E-state index contributed by atoms with van der Waals surface area (Å²) >= 11 is 4.69. The zero-order valence-corrected chi connectivity index (χ0v) is 17.8. The van der Waals surface area contributed by atoms with Crippen molar-refractivity contribution in [3.63, 3.8) is 0 Å². The Kier molecular flexibility index (Phi) is 5.72. The third-order valence-electron chi connectivity index (χ3n) is 4.18. The fourth-order valence-electron chi connectivity index (χ4n) is 2.85. The van der Waals surface area contributed by atoms with Crippen LogP contribution in [0.3, 0.4) is 0 Å². The van der Waals surface area contributed by atoms with E-state index in [9.17, 15) is 14.9 Å². The van der Waals surface area contributed by atoms with Gasteiger partial charge in [-0.05, 0) is 50.6 Å². The number of amides is 1. The fraction of sp³-hybridized carbons (Fsp3) is 0.105. The molecule has 3 heterocycles. The highest BCUT2D eigenvalue weighted by molar-refractivity contribution is 9.10. The van der Waals surface area contributed by atoms with E-state index in [2.05, 4.69) is 31.4 Å². The summed E-state index contributed by atoms with van der Waals surface area (Å²) in [6, 6.07) is 9.35. The van der Waals surface area contributed by atoms with Crippen LogP contribution in [0.4, 0.5) is 11.4 Å². The summed E-state index contributed by atoms with van der Waals surface area (Å²) in [6.07, 6.45) is 6.17. The monoisotopic (exact) mass is 486 g/mol. The van der Waals surface area contributed by atoms with E-state index >= 15 is 0 Å². The summed E-state index contributed by atoms with van der Waals surface area (Å²) in [5.74, 6) is -0.211. The van der Waals surface area contributed by atoms with Crippen molar-refractivity contribution in [1.29, 1.82) is 0 Å². The van der Waals surface area contributed by atoms with Crippen LogP contribution in [0.2, 0.25) is 0 Å². The summed E-state index contributed by atoms with van der Waals surface area (Å²) in [7, 11) is 0. The van der Waals surface area contributed by atoms with Gasteiger partial charge in [0.25, 0.3) is 5.91 Å². The van der Waals surface area contributed by atoms with Crippen molar-refractivity contribution >= 4 is 44.5 Å². The molecule has 0 radical (unpaired) electrons. The van der Waals surface area contributed by atoms with Gasteiger partial charge < -0.3 is 5.32 Å². The van der Waals surface area contributed by atoms with Crippen LogP contribution in [0.1, 0.15) is 20.8 Å². The molecule has 3 aromatic heterocycles. The molecule has 30 heavy (non-hydrogen) atoms. The van der Waals surface area contributed by atoms with Gasteiger partial charge in [0.2, 0.25) is 0 Å². The summed E-state index contributed by atoms with van der Waals surface area (Å²) in [6.45, 7) is 0.945. The quantitative estimate of drug-likeness (QED) is 0.311. The maximum Gasteiger partial charge on any atom is 0.307 e. The third kappa shape index (κ3) is 4.81. The Morgan fingerprint density at radius 1 is 1.13 bits per heavy atom. The van der Waals surface area contributed by atoms with Gasteiger partial charge in [0, 0.05) is 11.9 Å². The minimum atomic E-state index is -0.491. The van der Waals surface area contributed by atoms with Crippen LogP contribution in [0.5, 0.6) is 0 Å². The van der Waals surface area contributed by atoms with Crippen LogP contribution >= 0.6 is 27.3 Å².